The van der Waals surface area contributed by atoms with Crippen LogP contribution in [0.2, 0.25) is 0 Å². The van der Waals surface area contributed by atoms with Gasteiger partial charge in [0.15, 0.2) is 0 Å². The Bertz CT molecular complexity index is 897. The molecule has 4 rings (SSSR count). The first-order valence-corrected chi connectivity index (χ1v) is 7.59. The highest BCUT2D eigenvalue weighted by Crippen LogP contribution is 2.25. The van der Waals surface area contributed by atoms with Crippen LogP contribution in [0.25, 0.3) is 21.7 Å². The van der Waals surface area contributed by atoms with E-state index in [1.807, 2.05) is 41.8 Å². The summed E-state index contributed by atoms with van der Waals surface area (Å²) in [4.78, 5) is 13.8. The largest absolute Gasteiger partial charge is 0.470 e. The van der Waals surface area contributed by atoms with Gasteiger partial charge in [0.25, 0.3) is 0 Å². The lowest BCUT2D eigenvalue weighted by atomic mass is 10.2. The number of benzene rings is 1. The molecule has 0 N–H and O–H groups in total. The number of aromatic nitrogens is 3. The summed E-state index contributed by atoms with van der Waals surface area (Å²) in [6.07, 6.45) is 3.11. The fraction of sp³-hybridized carbons (Fsp3) is 0.0625. The van der Waals surface area contributed by atoms with Crippen molar-refractivity contribution in [3.63, 3.8) is 0 Å². The van der Waals surface area contributed by atoms with E-state index in [0.29, 0.717) is 18.4 Å². The molecule has 108 valence electrons. The molecule has 0 atom stereocenters. The zero-order valence-corrected chi connectivity index (χ0v) is 12.3. The van der Waals surface area contributed by atoms with Crippen molar-refractivity contribution in [2.75, 3.05) is 0 Å². The van der Waals surface area contributed by atoms with Gasteiger partial charge in [-0.1, -0.05) is 18.2 Å². The average Bonchev–Trinajstić information content (AvgIpc) is 3.24. The molecule has 0 aliphatic rings. The normalized spacial score (nSPS) is 10.9. The molecule has 0 radical (unpaired) electrons. The monoisotopic (exact) mass is 309 g/mol. The second kappa shape index (κ2) is 5.57. The van der Waals surface area contributed by atoms with E-state index in [2.05, 4.69) is 15.0 Å². The maximum absolute atomic E-state index is 5.77. The van der Waals surface area contributed by atoms with Crippen LogP contribution in [-0.2, 0) is 6.61 Å². The maximum atomic E-state index is 5.77. The molecule has 0 aliphatic heterocycles. The molecule has 0 saturated heterocycles. The fourth-order valence-electron chi connectivity index (χ4n) is 2.12. The summed E-state index contributed by atoms with van der Waals surface area (Å²) in [5.74, 6) is 1.16. The van der Waals surface area contributed by atoms with Gasteiger partial charge >= 0.3 is 0 Å². The zero-order chi connectivity index (χ0) is 14.8. The Morgan fingerprint density at radius 1 is 1.09 bits per heavy atom. The molecule has 4 aromatic rings. The second-order valence-electron chi connectivity index (χ2n) is 4.61. The van der Waals surface area contributed by atoms with E-state index in [1.54, 1.807) is 17.6 Å². The van der Waals surface area contributed by atoms with Crippen molar-refractivity contribution in [3.8, 4) is 16.6 Å². The number of para-hydroxylation sites is 1. The van der Waals surface area contributed by atoms with Crippen LogP contribution in [0.4, 0.5) is 0 Å². The van der Waals surface area contributed by atoms with Crippen LogP contribution in [0.3, 0.4) is 0 Å². The fourth-order valence-corrected chi connectivity index (χ4v) is 2.78. The van der Waals surface area contributed by atoms with Crippen LogP contribution in [0.15, 0.2) is 58.8 Å². The van der Waals surface area contributed by atoms with Crippen LogP contribution in [0.5, 0.6) is 5.88 Å². The van der Waals surface area contributed by atoms with Gasteiger partial charge in [0.1, 0.15) is 24.9 Å². The highest BCUT2D eigenvalue weighted by atomic mass is 32.1. The number of fused-ring (bicyclic) bond motifs is 1. The van der Waals surface area contributed by atoms with Gasteiger partial charge in [-0.25, -0.2) is 15.0 Å². The minimum Gasteiger partial charge on any atom is -0.470 e. The van der Waals surface area contributed by atoms with Crippen LogP contribution in [0, 0.1) is 0 Å². The number of nitrogens with zero attached hydrogens (tertiary/aromatic N) is 3. The van der Waals surface area contributed by atoms with Gasteiger partial charge in [-0.05, 0) is 23.6 Å². The molecule has 0 bridgehead atoms. The predicted octanol–water partition coefficient (Wildman–Crippen LogP) is 3.93. The molecule has 0 aliphatic carbocycles. The molecule has 6 heteroatoms. The highest BCUT2D eigenvalue weighted by molar-refractivity contribution is 7.13. The minimum absolute atomic E-state index is 0.301. The van der Waals surface area contributed by atoms with Gasteiger partial charge in [-0.2, -0.15) is 0 Å². The summed E-state index contributed by atoms with van der Waals surface area (Å²) in [7, 11) is 0. The third-order valence-electron chi connectivity index (χ3n) is 3.15. The number of oxazole rings is 1. The molecule has 0 saturated carbocycles. The molecule has 1 aromatic carbocycles. The Hall–Kier alpha value is -2.73. The van der Waals surface area contributed by atoms with Crippen molar-refractivity contribution in [1.29, 1.82) is 0 Å². The zero-order valence-electron chi connectivity index (χ0n) is 11.5. The van der Waals surface area contributed by atoms with E-state index < -0.39 is 0 Å². The summed E-state index contributed by atoms with van der Waals surface area (Å²) in [5, 5.41) is 2.87. The van der Waals surface area contributed by atoms with Crippen molar-refractivity contribution in [2.24, 2.45) is 0 Å². The van der Waals surface area contributed by atoms with Gasteiger partial charge < -0.3 is 9.15 Å². The van der Waals surface area contributed by atoms with Crippen molar-refractivity contribution >= 4 is 22.2 Å². The number of thiophene rings is 1. The SMILES string of the molecule is c1csc(-c2nc(COc3ncnc4ccccc34)co2)c1. The molecule has 3 heterocycles. The van der Waals surface area contributed by atoms with E-state index in [9.17, 15) is 0 Å². The van der Waals surface area contributed by atoms with E-state index in [4.69, 9.17) is 9.15 Å². The molecule has 0 amide bonds. The lowest BCUT2D eigenvalue weighted by Crippen LogP contribution is -1.99. The Balaban J connectivity index is 1.55. The molecular formula is C16H11N3O2S. The van der Waals surface area contributed by atoms with E-state index >= 15 is 0 Å². The van der Waals surface area contributed by atoms with Crippen LogP contribution >= 0.6 is 11.3 Å². The van der Waals surface area contributed by atoms with Crippen LogP contribution in [0.1, 0.15) is 5.69 Å². The molecule has 22 heavy (non-hydrogen) atoms. The van der Waals surface area contributed by atoms with Gasteiger partial charge in [0.05, 0.1) is 15.8 Å². The van der Waals surface area contributed by atoms with Crippen molar-refractivity contribution in [1.82, 2.24) is 15.0 Å². The highest BCUT2D eigenvalue weighted by Gasteiger charge is 2.09. The minimum atomic E-state index is 0.301. The first-order valence-electron chi connectivity index (χ1n) is 6.71. The lowest BCUT2D eigenvalue weighted by Gasteiger charge is -2.05. The van der Waals surface area contributed by atoms with E-state index in [-0.39, 0.29) is 0 Å². The first kappa shape index (κ1) is 13.0. The Kier molecular flexibility index (Phi) is 3.29. The van der Waals surface area contributed by atoms with Gasteiger partial charge in [-0.15, -0.1) is 11.3 Å². The number of hydrogen-bond acceptors (Lipinski definition) is 6. The van der Waals surface area contributed by atoms with Crippen molar-refractivity contribution < 1.29 is 9.15 Å². The Morgan fingerprint density at radius 3 is 2.95 bits per heavy atom. The average molecular weight is 309 g/mol. The molecule has 3 aromatic heterocycles. The number of rotatable bonds is 4. The number of ether oxygens (including phenoxy) is 1. The quantitative estimate of drug-likeness (QED) is 0.571. The van der Waals surface area contributed by atoms with Crippen molar-refractivity contribution in [3.05, 3.63) is 60.1 Å². The molecule has 5 nitrogen and oxygen atoms in total. The molecule has 0 spiro atoms. The van der Waals surface area contributed by atoms with Gasteiger partial charge in [0, 0.05) is 0 Å². The first-order chi connectivity index (χ1) is 10.9. The van der Waals surface area contributed by atoms with Crippen molar-refractivity contribution in [2.45, 2.75) is 6.61 Å². The number of hydrogen-bond donors (Lipinski definition) is 0. The summed E-state index contributed by atoms with van der Waals surface area (Å²) in [5.41, 5.74) is 1.58. The predicted molar refractivity (Wildman–Crippen MR) is 83.7 cm³/mol. The lowest BCUT2D eigenvalue weighted by molar-refractivity contribution is 0.292. The molecule has 0 fully saturated rings. The van der Waals surface area contributed by atoms with Gasteiger partial charge in [0.2, 0.25) is 11.8 Å². The third-order valence-corrected chi connectivity index (χ3v) is 4.00. The topological polar surface area (TPSA) is 61.0 Å². The summed E-state index contributed by atoms with van der Waals surface area (Å²) in [6.45, 7) is 0.301. The second-order valence-corrected chi connectivity index (χ2v) is 5.55. The van der Waals surface area contributed by atoms with Crippen LogP contribution < -0.4 is 4.74 Å². The standard InChI is InChI=1S/C16H11N3O2S/c1-2-5-13-12(4-1)15(18-10-17-13)20-8-11-9-21-16(19-11)14-6-3-7-22-14/h1-7,9-10H,8H2. The Labute approximate surface area is 130 Å². The van der Waals surface area contributed by atoms with Crippen LogP contribution in [-0.4, -0.2) is 15.0 Å². The van der Waals surface area contributed by atoms with E-state index in [1.165, 1.54) is 6.33 Å². The molecule has 0 unspecified atom stereocenters. The molecular weight excluding hydrogens is 298 g/mol. The van der Waals surface area contributed by atoms with Gasteiger partial charge in [-0.3, -0.25) is 0 Å². The smallest absolute Gasteiger partial charge is 0.236 e. The summed E-state index contributed by atoms with van der Waals surface area (Å²) >= 11 is 1.59. The Morgan fingerprint density at radius 2 is 2.05 bits per heavy atom. The summed E-state index contributed by atoms with van der Waals surface area (Å²) in [6, 6.07) is 11.7. The van der Waals surface area contributed by atoms with E-state index in [0.717, 1.165) is 21.5 Å². The third kappa shape index (κ3) is 2.44. The summed E-state index contributed by atoms with van der Waals surface area (Å²) < 4.78 is 11.2. The maximum Gasteiger partial charge on any atom is 0.236 e.